The summed E-state index contributed by atoms with van der Waals surface area (Å²) in [5, 5.41) is 11.2. The van der Waals surface area contributed by atoms with Crippen LogP contribution in [0.1, 0.15) is 31.2 Å². The van der Waals surface area contributed by atoms with Crippen LogP contribution in [0.15, 0.2) is 24.3 Å². The van der Waals surface area contributed by atoms with Crippen LogP contribution < -0.4 is 10.1 Å². The first-order valence-corrected chi connectivity index (χ1v) is 6.73. The van der Waals surface area contributed by atoms with Crippen molar-refractivity contribution in [2.24, 2.45) is 0 Å². The number of hydrogen-bond donors (Lipinski definition) is 2. The second-order valence-corrected chi connectivity index (χ2v) is 5.09. The second kappa shape index (κ2) is 5.94. The normalized spacial score (nSPS) is 16.6. The molecular weight excluding hydrogens is 258 g/mol. The van der Waals surface area contributed by atoms with Gasteiger partial charge in [0.15, 0.2) is 0 Å². The number of aliphatic carboxylic acids is 1. The SMILES string of the molecule is COc1ccc(C2(C(=O)NCC(=O)O)CCCC2)cc1. The molecule has 1 saturated carbocycles. The molecule has 108 valence electrons. The topological polar surface area (TPSA) is 75.6 Å². The van der Waals surface area contributed by atoms with Gasteiger partial charge in [-0.3, -0.25) is 9.59 Å². The average Bonchev–Trinajstić information content (AvgIpc) is 2.95. The number of carbonyl (C=O) groups excluding carboxylic acids is 1. The summed E-state index contributed by atoms with van der Waals surface area (Å²) in [5.41, 5.74) is 0.334. The first-order valence-electron chi connectivity index (χ1n) is 6.73. The molecule has 0 saturated heterocycles. The highest BCUT2D eigenvalue weighted by Crippen LogP contribution is 2.41. The number of benzene rings is 1. The van der Waals surface area contributed by atoms with Crippen LogP contribution >= 0.6 is 0 Å². The van der Waals surface area contributed by atoms with Gasteiger partial charge in [0.05, 0.1) is 12.5 Å². The minimum Gasteiger partial charge on any atom is -0.497 e. The molecule has 0 spiro atoms. The standard InChI is InChI=1S/C15H19NO4/c1-20-12-6-4-11(5-7-12)15(8-2-3-9-15)14(19)16-10-13(17)18/h4-7H,2-3,8-10H2,1H3,(H,16,19)(H,17,18). The Morgan fingerprint density at radius 1 is 1.25 bits per heavy atom. The van der Waals surface area contributed by atoms with E-state index in [4.69, 9.17) is 9.84 Å². The summed E-state index contributed by atoms with van der Waals surface area (Å²) in [6, 6.07) is 7.45. The van der Waals surface area contributed by atoms with E-state index >= 15 is 0 Å². The molecule has 5 heteroatoms. The van der Waals surface area contributed by atoms with Gasteiger partial charge in [-0.1, -0.05) is 25.0 Å². The molecule has 1 fully saturated rings. The van der Waals surface area contributed by atoms with Crippen LogP contribution in [0.4, 0.5) is 0 Å². The van der Waals surface area contributed by atoms with Gasteiger partial charge in [-0.05, 0) is 30.5 Å². The van der Waals surface area contributed by atoms with Crippen molar-refractivity contribution in [3.05, 3.63) is 29.8 Å². The molecule has 1 aliphatic carbocycles. The molecule has 0 aromatic heterocycles. The summed E-state index contributed by atoms with van der Waals surface area (Å²) in [4.78, 5) is 23.0. The number of amides is 1. The van der Waals surface area contributed by atoms with Crippen molar-refractivity contribution in [3.8, 4) is 5.75 Å². The molecule has 0 aliphatic heterocycles. The number of carboxylic acid groups (broad SMARTS) is 1. The first-order chi connectivity index (χ1) is 9.58. The number of ether oxygens (including phenoxy) is 1. The van der Waals surface area contributed by atoms with Crippen molar-refractivity contribution < 1.29 is 19.4 Å². The molecule has 5 nitrogen and oxygen atoms in total. The van der Waals surface area contributed by atoms with E-state index in [1.165, 1.54) is 0 Å². The summed E-state index contributed by atoms with van der Waals surface area (Å²) in [7, 11) is 1.60. The van der Waals surface area contributed by atoms with E-state index in [2.05, 4.69) is 5.32 Å². The largest absolute Gasteiger partial charge is 0.497 e. The van der Waals surface area contributed by atoms with E-state index in [1.54, 1.807) is 7.11 Å². The fourth-order valence-corrected chi connectivity index (χ4v) is 2.86. The number of carbonyl (C=O) groups is 2. The lowest BCUT2D eigenvalue weighted by atomic mass is 9.78. The number of carboxylic acids is 1. The molecule has 0 unspecified atom stereocenters. The van der Waals surface area contributed by atoms with Crippen LogP contribution in [-0.2, 0) is 15.0 Å². The van der Waals surface area contributed by atoms with Gasteiger partial charge in [0, 0.05) is 0 Å². The average molecular weight is 277 g/mol. The highest BCUT2D eigenvalue weighted by Gasteiger charge is 2.42. The molecular formula is C15H19NO4. The molecule has 2 N–H and O–H groups in total. The van der Waals surface area contributed by atoms with Gasteiger partial charge >= 0.3 is 5.97 Å². The lowest BCUT2D eigenvalue weighted by molar-refractivity contribution is -0.138. The smallest absolute Gasteiger partial charge is 0.322 e. The lowest BCUT2D eigenvalue weighted by Gasteiger charge is -2.28. The second-order valence-electron chi connectivity index (χ2n) is 5.09. The summed E-state index contributed by atoms with van der Waals surface area (Å²) >= 11 is 0. The third-order valence-corrected chi connectivity index (χ3v) is 3.93. The molecule has 0 atom stereocenters. The third kappa shape index (κ3) is 2.76. The minimum absolute atomic E-state index is 0.192. The highest BCUT2D eigenvalue weighted by atomic mass is 16.5. The van der Waals surface area contributed by atoms with Gasteiger partial charge in [0.1, 0.15) is 12.3 Å². The maximum atomic E-state index is 12.4. The summed E-state index contributed by atoms with van der Waals surface area (Å²) in [6.07, 6.45) is 3.47. The lowest BCUT2D eigenvalue weighted by Crippen LogP contribution is -2.44. The number of methoxy groups -OCH3 is 1. The Morgan fingerprint density at radius 2 is 1.85 bits per heavy atom. The Hall–Kier alpha value is -2.04. The minimum atomic E-state index is -1.03. The van der Waals surface area contributed by atoms with Crippen molar-refractivity contribution in [2.45, 2.75) is 31.1 Å². The zero-order chi connectivity index (χ0) is 14.6. The van der Waals surface area contributed by atoms with Crippen molar-refractivity contribution >= 4 is 11.9 Å². The fraction of sp³-hybridized carbons (Fsp3) is 0.467. The Bertz CT molecular complexity index is 489. The Kier molecular flexibility index (Phi) is 4.27. The van der Waals surface area contributed by atoms with Gasteiger partial charge in [-0.25, -0.2) is 0 Å². The van der Waals surface area contributed by atoms with Gasteiger partial charge in [-0.2, -0.15) is 0 Å². The van der Waals surface area contributed by atoms with Crippen LogP contribution in [0, 0.1) is 0 Å². The maximum Gasteiger partial charge on any atom is 0.322 e. The molecule has 1 aliphatic rings. The van der Waals surface area contributed by atoms with Crippen LogP contribution in [0.5, 0.6) is 5.75 Å². The number of nitrogens with one attached hydrogen (secondary N) is 1. The highest BCUT2D eigenvalue weighted by molar-refractivity contribution is 5.90. The van der Waals surface area contributed by atoms with Crippen molar-refractivity contribution in [1.82, 2.24) is 5.32 Å². The molecule has 0 bridgehead atoms. The van der Waals surface area contributed by atoms with Crippen LogP contribution in [0.3, 0.4) is 0 Å². The molecule has 1 amide bonds. The first kappa shape index (κ1) is 14.4. The Balaban J connectivity index is 2.24. The summed E-state index contributed by atoms with van der Waals surface area (Å²) < 4.78 is 5.13. The number of hydrogen-bond acceptors (Lipinski definition) is 3. The predicted octanol–water partition coefficient (Wildman–Crippen LogP) is 1.71. The summed E-state index contributed by atoms with van der Waals surface area (Å²) in [5.74, 6) is -0.475. The van der Waals surface area contributed by atoms with Crippen LogP contribution in [-0.4, -0.2) is 30.6 Å². The van der Waals surface area contributed by atoms with E-state index in [9.17, 15) is 9.59 Å². The number of rotatable bonds is 5. The van der Waals surface area contributed by atoms with E-state index < -0.39 is 11.4 Å². The van der Waals surface area contributed by atoms with Gasteiger partial charge in [0.2, 0.25) is 5.91 Å². The Labute approximate surface area is 117 Å². The van der Waals surface area contributed by atoms with Crippen molar-refractivity contribution in [1.29, 1.82) is 0 Å². The molecule has 0 heterocycles. The van der Waals surface area contributed by atoms with E-state index in [0.717, 1.165) is 37.0 Å². The van der Waals surface area contributed by atoms with Gasteiger partial charge in [0.25, 0.3) is 0 Å². The van der Waals surface area contributed by atoms with Crippen LogP contribution in [0.25, 0.3) is 0 Å². The van der Waals surface area contributed by atoms with E-state index in [1.807, 2.05) is 24.3 Å². The third-order valence-electron chi connectivity index (χ3n) is 3.93. The fourth-order valence-electron chi connectivity index (χ4n) is 2.86. The molecule has 1 aromatic rings. The molecule has 1 aromatic carbocycles. The Morgan fingerprint density at radius 3 is 2.35 bits per heavy atom. The maximum absolute atomic E-state index is 12.4. The molecule has 20 heavy (non-hydrogen) atoms. The van der Waals surface area contributed by atoms with E-state index in [-0.39, 0.29) is 12.5 Å². The van der Waals surface area contributed by atoms with Crippen molar-refractivity contribution in [2.75, 3.05) is 13.7 Å². The van der Waals surface area contributed by atoms with Gasteiger partial charge < -0.3 is 15.2 Å². The summed E-state index contributed by atoms with van der Waals surface area (Å²) in [6.45, 7) is -0.337. The van der Waals surface area contributed by atoms with E-state index in [0.29, 0.717) is 0 Å². The zero-order valence-corrected chi connectivity index (χ0v) is 11.5. The molecule has 0 radical (unpaired) electrons. The van der Waals surface area contributed by atoms with Gasteiger partial charge in [-0.15, -0.1) is 0 Å². The van der Waals surface area contributed by atoms with Crippen molar-refractivity contribution in [3.63, 3.8) is 0 Å². The van der Waals surface area contributed by atoms with Crippen LogP contribution in [0.2, 0.25) is 0 Å². The predicted molar refractivity (Wildman–Crippen MR) is 73.8 cm³/mol. The molecule has 2 rings (SSSR count). The zero-order valence-electron chi connectivity index (χ0n) is 11.5. The quantitative estimate of drug-likeness (QED) is 0.859. The monoisotopic (exact) mass is 277 g/mol.